The third-order valence-electron chi connectivity index (χ3n) is 2.49. The van der Waals surface area contributed by atoms with E-state index in [1.807, 2.05) is 0 Å². The van der Waals surface area contributed by atoms with Crippen LogP contribution in [0.4, 0.5) is 5.69 Å². The van der Waals surface area contributed by atoms with Crippen LogP contribution in [0.1, 0.15) is 6.92 Å². The van der Waals surface area contributed by atoms with E-state index in [0.717, 1.165) is 18.2 Å². The van der Waals surface area contributed by atoms with E-state index in [9.17, 15) is 23.3 Å². The predicted molar refractivity (Wildman–Crippen MR) is 74.9 cm³/mol. The number of nitrogens with zero attached hydrogens (tertiary/aromatic N) is 2. The maximum atomic E-state index is 11.7. The number of non-ortho nitro benzene ring substituents is 1. The normalized spacial score (nSPS) is 12.6. The zero-order valence-electron chi connectivity index (χ0n) is 11.4. The summed E-state index contributed by atoms with van der Waals surface area (Å²) in [6.07, 6.45) is -0.973. The molecule has 0 heterocycles. The van der Waals surface area contributed by atoms with E-state index in [2.05, 4.69) is 0 Å². The molecule has 0 aliphatic heterocycles. The average molecular weight is 337 g/mol. The van der Waals surface area contributed by atoms with Gasteiger partial charge in [-0.2, -0.15) is 0 Å². The number of nitro groups is 1. The summed E-state index contributed by atoms with van der Waals surface area (Å²) in [4.78, 5) is 22.3. The van der Waals surface area contributed by atoms with Crippen LogP contribution in [0.5, 0.6) is 5.75 Å². The lowest BCUT2D eigenvalue weighted by Gasteiger charge is -2.19. The first-order valence-electron chi connectivity index (χ1n) is 5.65. The maximum Gasteiger partial charge on any atom is 0.271 e. The van der Waals surface area contributed by atoms with Gasteiger partial charge in [-0.05, 0) is 13.0 Å². The summed E-state index contributed by atoms with van der Waals surface area (Å²) in [7, 11) is 4.00. The first kappa shape index (κ1) is 17.2. The van der Waals surface area contributed by atoms with Crippen molar-refractivity contribution in [3.63, 3.8) is 0 Å². The standard InChI is InChI=1S/C11H13ClN2O6S/c1-7(11(15)13(2)3)20-9-5-4-8(14(16)17)6-10(9)21(12,18)19/h4-7H,1-3H3. The van der Waals surface area contributed by atoms with E-state index in [1.165, 1.54) is 25.9 Å². The Labute approximate surface area is 125 Å². The Morgan fingerprint density at radius 2 is 2.00 bits per heavy atom. The molecule has 0 aliphatic rings. The second-order valence-corrected chi connectivity index (χ2v) is 6.85. The van der Waals surface area contributed by atoms with Gasteiger partial charge in [-0.1, -0.05) is 0 Å². The summed E-state index contributed by atoms with van der Waals surface area (Å²) in [6.45, 7) is 1.42. The monoisotopic (exact) mass is 336 g/mol. The van der Waals surface area contributed by atoms with E-state index < -0.39 is 36.6 Å². The molecule has 0 bridgehead atoms. The Hall–Kier alpha value is -1.87. The zero-order valence-corrected chi connectivity index (χ0v) is 13.0. The molecule has 0 saturated carbocycles. The van der Waals surface area contributed by atoms with Crippen molar-refractivity contribution < 1.29 is 22.9 Å². The summed E-state index contributed by atoms with van der Waals surface area (Å²) in [5, 5.41) is 10.7. The fourth-order valence-electron chi connectivity index (χ4n) is 1.50. The second-order valence-electron chi connectivity index (χ2n) is 4.32. The van der Waals surface area contributed by atoms with Crippen molar-refractivity contribution in [2.45, 2.75) is 17.9 Å². The average Bonchev–Trinajstić information content (AvgIpc) is 2.36. The van der Waals surface area contributed by atoms with Crippen LogP contribution in [0, 0.1) is 10.1 Å². The van der Waals surface area contributed by atoms with Crippen LogP contribution < -0.4 is 4.74 Å². The topological polar surface area (TPSA) is 107 Å². The Bertz CT molecular complexity index is 673. The highest BCUT2D eigenvalue weighted by molar-refractivity contribution is 8.13. The lowest BCUT2D eigenvalue weighted by Crippen LogP contribution is -2.35. The predicted octanol–water partition coefficient (Wildman–Crippen LogP) is 1.38. The van der Waals surface area contributed by atoms with Crippen molar-refractivity contribution in [1.82, 2.24) is 4.90 Å². The molecule has 1 aromatic carbocycles. The molecule has 0 saturated heterocycles. The molecule has 0 spiro atoms. The number of hydrogen-bond donors (Lipinski definition) is 0. The zero-order chi connectivity index (χ0) is 16.4. The van der Waals surface area contributed by atoms with Gasteiger partial charge in [-0.3, -0.25) is 14.9 Å². The Morgan fingerprint density at radius 1 is 1.43 bits per heavy atom. The molecule has 1 aromatic rings. The van der Waals surface area contributed by atoms with Gasteiger partial charge in [0.2, 0.25) is 0 Å². The van der Waals surface area contributed by atoms with E-state index in [0.29, 0.717) is 0 Å². The van der Waals surface area contributed by atoms with E-state index in [-0.39, 0.29) is 5.75 Å². The minimum absolute atomic E-state index is 0.224. The molecule has 0 aliphatic carbocycles. The van der Waals surface area contributed by atoms with Gasteiger partial charge in [-0.25, -0.2) is 8.42 Å². The third kappa shape index (κ3) is 4.30. The first-order valence-corrected chi connectivity index (χ1v) is 7.96. The van der Waals surface area contributed by atoms with Crippen LogP contribution in [0.15, 0.2) is 23.1 Å². The van der Waals surface area contributed by atoms with Crippen molar-refractivity contribution >= 4 is 31.3 Å². The van der Waals surface area contributed by atoms with Crippen LogP contribution in [-0.2, 0) is 13.8 Å². The summed E-state index contributed by atoms with van der Waals surface area (Å²) in [5.74, 6) is -0.621. The summed E-state index contributed by atoms with van der Waals surface area (Å²) >= 11 is 0. The number of benzene rings is 1. The van der Waals surface area contributed by atoms with Crippen LogP contribution >= 0.6 is 10.7 Å². The van der Waals surface area contributed by atoms with Crippen molar-refractivity contribution in [2.75, 3.05) is 14.1 Å². The molecule has 1 unspecified atom stereocenters. The summed E-state index contributed by atoms with van der Waals surface area (Å²) in [5.41, 5.74) is -0.451. The fourth-order valence-corrected chi connectivity index (χ4v) is 2.48. The van der Waals surface area contributed by atoms with Gasteiger partial charge in [0.25, 0.3) is 20.6 Å². The molecule has 0 N–H and O–H groups in total. The molecule has 1 atom stereocenters. The van der Waals surface area contributed by atoms with Crippen LogP contribution in [0.3, 0.4) is 0 Å². The van der Waals surface area contributed by atoms with E-state index in [4.69, 9.17) is 15.4 Å². The van der Waals surface area contributed by atoms with Gasteiger partial charge in [-0.15, -0.1) is 0 Å². The number of rotatable bonds is 5. The lowest BCUT2D eigenvalue weighted by molar-refractivity contribution is -0.385. The molecular formula is C11H13ClN2O6S. The number of likely N-dealkylation sites (N-methyl/N-ethyl adjacent to an activating group) is 1. The van der Waals surface area contributed by atoms with Gasteiger partial charge in [0.1, 0.15) is 10.6 Å². The van der Waals surface area contributed by atoms with Gasteiger partial charge in [0.05, 0.1) is 4.92 Å². The summed E-state index contributed by atoms with van der Waals surface area (Å²) in [6, 6.07) is 2.94. The molecule has 0 aromatic heterocycles. The van der Waals surface area contributed by atoms with Gasteiger partial charge in [0, 0.05) is 36.9 Å². The van der Waals surface area contributed by atoms with Crippen molar-refractivity contribution in [3.05, 3.63) is 28.3 Å². The Kier molecular flexibility index (Phi) is 5.13. The van der Waals surface area contributed by atoms with Gasteiger partial charge >= 0.3 is 0 Å². The highest BCUT2D eigenvalue weighted by Crippen LogP contribution is 2.31. The van der Waals surface area contributed by atoms with Gasteiger partial charge < -0.3 is 9.64 Å². The molecule has 0 fully saturated rings. The lowest BCUT2D eigenvalue weighted by atomic mass is 10.3. The highest BCUT2D eigenvalue weighted by Gasteiger charge is 2.25. The first-order chi connectivity index (χ1) is 9.54. The molecule has 8 nitrogen and oxygen atoms in total. The number of carbonyl (C=O) groups excluding carboxylic acids is 1. The molecular weight excluding hydrogens is 324 g/mol. The summed E-state index contributed by atoms with van der Waals surface area (Å²) < 4.78 is 28.2. The van der Waals surface area contributed by atoms with Gasteiger partial charge in [0.15, 0.2) is 6.10 Å². The number of carbonyl (C=O) groups is 1. The quantitative estimate of drug-likeness (QED) is 0.456. The Morgan fingerprint density at radius 3 is 2.43 bits per heavy atom. The number of amides is 1. The van der Waals surface area contributed by atoms with Crippen molar-refractivity contribution in [1.29, 1.82) is 0 Å². The Balaban J connectivity index is 3.24. The number of halogens is 1. The molecule has 10 heteroatoms. The van der Waals surface area contributed by atoms with E-state index in [1.54, 1.807) is 0 Å². The molecule has 21 heavy (non-hydrogen) atoms. The number of nitro benzene ring substituents is 1. The van der Waals surface area contributed by atoms with Crippen LogP contribution in [0.2, 0.25) is 0 Å². The molecule has 0 radical (unpaired) electrons. The molecule has 116 valence electrons. The largest absolute Gasteiger partial charge is 0.479 e. The third-order valence-corrected chi connectivity index (χ3v) is 3.84. The highest BCUT2D eigenvalue weighted by atomic mass is 35.7. The van der Waals surface area contributed by atoms with Crippen LogP contribution in [0.25, 0.3) is 0 Å². The maximum absolute atomic E-state index is 11.7. The van der Waals surface area contributed by atoms with Crippen LogP contribution in [-0.4, -0.2) is 44.3 Å². The fraction of sp³-hybridized carbons (Fsp3) is 0.364. The van der Waals surface area contributed by atoms with Crippen molar-refractivity contribution in [2.24, 2.45) is 0 Å². The second kappa shape index (κ2) is 6.27. The van der Waals surface area contributed by atoms with Crippen molar-refractivity contribution in [3.8, 4) is 5.75 Å². The molecule has 1 amide bonds. The van der Waals surface area contributed by atoms with E-state index >= 15 is 0 Å². The minimum atomic E-state index is -4.26. The number of hydrogen-bond acceptors (Lipinski definition) is 6. The minimum Gasteiger partial charge on any atom is -0.479 e. The number of ether oxygens (including phenoxy) is 1. The SMILES string of the molecule is CC(Oc1ccc([N+](=O)[O-])cc1S(=O)(=O)Cl)C(=O)N(C)C. The molecule has 1 rings (SSSR count). The smallest absolute Gasteiger partial charge is 0.271 e.